The third kappa shape index (κ3) is 3.79. The fourth-order valence-electron chi connectivity index (χ4n) is 2.11. The second-order valence-electron chi connectivity index (χ2n) is 5.14. The Hall–Kier alpha value is -2.59. The molecule has 2 heterocycles. The number of nitrogens with one attached hydrogen (secondary N) is 1. The van der Waals surface area contributed by atoms with Crippen LogP contribution in [0.15, 0.2) is 59.1 Å². The average Bonchev–Trinajstić information content (AvgIpc) is 3.03. The van der Waals surface area contributed by atoms with E-state index in [1.165, 1.54) is 0 Å². The Balaban J connectivity index is 1.64. The van der Waals surface area contributed by atoms with E-state index in [1.807, 2.05) is 43.3 Å². The van der Waals surface area contributed by atoms with Crippen LogP contribution in [0.4, 0.5) is 0 Å². The lowest BCUT2D eigenvalue weighted by Crippen LogP contribution is -2.22. The van der Waals surface area contributed by atoms with E-state index < -0.39 is 0 Å². The van der Waals surface area contributed by atoms with E-state index >= 15 is 0 Å². The molecule has 23 heavy (non-hydrogen) atoms. The number of furan rings is 1. The summed E-state index contributed by atoms with van der Waals surface area (Å²) in [6.07, 6.45) is 1.56. The number of benzene rings is 1. The molecule has 0 saturated heterocycles. The van der Waals surface area contributed by atoms with Crippen molar-refractivity contribution in [3.8, 4) is 11.3 Å². The fourth-order valence-corrected chi connectivity index (χ4v) is 2.24. The smallest absolute Gasteiger partial charge is 0.253 e. The van der Waals surface area contributed by atoms with Crippen molar-refractivity contribution in [1.82, 2.24) is 10.3 Å². The topological polar surface area (TPSA) is 55.1 Å². The molecule has 1 N–H and O–H groups in total. The van der Waals surface area contributed by atoms with E-state index in [0.717, 1.165) is 17.0 Å². The van der Waals surface area contributed by atoms with Crippen molar-refractivity contribution in [2.45, 2.75) is 13.5 Å². The zero-order chi connectivity index (χ0) is 16.2. The summed E-state index contributed by atoms with van der Waals surface area (Å²) in [6, 6.07) is 14.7. The van der Waals surface area contributed by atoms with Crippen molar-refractivity contribution in [2.75, 3.05) is 0 Å². The molecule has 1 aromatic carbocycles. The Kier molecular flexibility index (Phi) is 4.44. The first kappa shape index (κ1) is 15.3. The molecule has 116 valence electrons. The summed E-state index contributed by atoms with van der Waals surface area (Å²) in [4.78, 5) is 16.1. The number of aryl methyl sites for hydroxylation is 1. The van der Waals surface area contributed by atoms with Crippen molar-refractivity contribution in [3.05, 3.63) is 76.8 Å². The van der Waals surface area contributed by atoms with Gasteiger partial charge in [-0.15, -0.1) is 0 Å². The van der Waals surface area contributed by atoms with Crippen LogP contribution in [0.25, 0.3) is 11.3 Å². The summed E-state index contributed by atoms with van der Waals surface area (Å²) in [5.74, 6) is 1.24. The maximum Gasteiger partial charge on any atom is 0.253 e. The molecule has 0 aliphatic heterocycles. The van der Waals surface area contributed by atoms with E-state index in [1.54, 1.807) is 18.3 Å². The van der Waals surface area contributed by atoms with Gasteiger partial charge < -0.3 is 9.73 Å². The first-order valence-electron chi connectivity index (χ1n) is 7.17. The molecule has 5 heteroatoms. The Labute approximate surface area is 139 Å². The van der Waals surface area contributed by atoms with Crippen LogP contribution in [-0.2, 0) is 6.54 Å². The van der Waals surface area contributed by atoms with Crippen molar-refractivity contribution in [1.29, 1.82) is 0 Å². The third-order valence-electron chi connectivity index (χ3n) is 3.39. The first-order chi connectivity index (χ1) is 11.1. The molecular formula is C18H15ClN2O2. The molecule has 2 aromatic heterocycles. The SMILES string of the molecule is Cc1ccc(C(=O)NCc2ccc(-c3ccc(Cl)cc3)o2)cn1. The minimum atomic E-state index is -0.179. The molecule has 3 rings (SSSR count). The van der Waals surface area contributed by atoms with Gasteiger partial charge in [-0.25, -0.2) is 0 Å². The van der Waals surface area contributed by atoms with Crippen molar-refractivity contribution in [2.24, 2.45) is 0 Å². The van der Waals surface area contributed by atoms with Gasteiger partial charge in [0.15, 0.2) is 0 Å². The van der Waals surface area contributed by atoms with Crippen molar-refractivity contribution < 1.29 is 9.21 Å². The van der Waals surface area contributed by atoms with Crippen LogP contribution in [-0.4, -0.2) is 10.9 Å². The van der Waals surface area contributed by atoms with Crippen LogP contribution in [0.5, 0.6) is 0 Å². The lowest BCUT2D eigenvalue weighted by atomic mass is 10.2. The third-order valence-corrected chi connectivity index (χ3v) is 3.64. The zero-order valence-electron chi connectivity index (χ0n) is 12.5. The summed E-state index contributed by atoms with van der Waals surface area (Å²) in [6.45, 7) is 2.20. The number of carbonyl (C=O) groups is 1. The van der Waals surface area contributed by atoms with Crippen molar-refractivity contribution >= 4 is 17.5 Å². The summed E-state index contributed by atoms with van der Waals surface area (Å²) >= 11 is 5.87. The minimum Gasteiger partial charge on any atom is -0.459 e. The molecule has 1 amide bonds. The number of amides is 1. The molecule has 0 aliphatic rings. The Morgan fingerprint density at radius 3 is 2.61 bits per heavy atom. The monoisotopic (exact) mass is 326 g/mol. The number of carbonyl (C=O) groups excluding carboxylic acids is 1. The molecule has 0 saturated carbocycles. The molecule has 0 aliphatic carbocycles. The number of hydrogen-bond acceptors (Lipinski definition) is 3. The maximum atomic E-state index is 12.0. The van der Waals surface area contributed by atoms with Crippen molar-refractivity contribution in [3.63, 3.8) is 0 Å². The molecule has 0 spiro atoms. The first-order valence-corrected chi connectivity index (χ1v) is 7.55. The molecule has 4 nitrogen and oxygen atoms in total. The summed E-state index contributed by atoms with van der Waals surface area (Å²) in [5, 5.41) is 3.49. The number of pyridine rings is 1. The second-order valence-corrected chi connectivity index (χ2v) is 5.58. The largest absolute Gasteiger partial charge is 0.459 e. The van der Waals surface area contributed by atoms with Crippen LogP contribution in [0, 0.1) is 6.92 Å². The number of hydrogen-bond donors (Lipinski definition) is 1. The Morgan fingerprint density at radius 1 is 1.13 bits per heavy atom. The highest BCUT2D eigenvalue weighted by atomic mass is 35.5. The van der Waals surface area contributed by atoms with Gasteiger partial charge in [0.1, 0.15) is 11.5 Å². The fraction of sp³-hybridized carbons (Fsp3) is 0.111. The van der Waals surface area contributed by atoms with Gasteiger partial charge in [-0.2, -0.15) is 0 Å². The summed E-state index contributed by atoms with van der Waals surface area (Å²) in [5.41, 5.74) is 2.34. The molecule has 0 fully saturated rings. The maximum absolute atomic E-state index is 12.0. The van der Waals surface area contributed by atoms with E-state index in [9.17, 15) is 4.79 Å². The van der Waals surface area contributed by atoms with Gasteiger partial charge in [0.25, 0.3) is 5.91 Å². The van der Waals surface area contributed by atoms with Crippen LogP contribution >= 0.6 is 11.6 Å². The highest BCUT2D eigenvalue weighted by Crippen LogP contribution is 2.23. The lowest BCUT2D eigenvalue weighted by molar-refractivity contribution is 0.0947. The second kappa shape index (κ2) is 6.67. The summed E-state index contributed by atoms with van der Waals surface area (Å²) in [7, 11) is 0. The van der Waals surface area contributed by atoms with E-state index in [0.29, 0.717) is 22.9 Å². The highest BCUT2D eigenvalue weighted by Gasteiger charge is 2.08. The molecule has 0 radical (unpaired) electrons. The van der Waals surface area contributed by atoms with Gasteiger partial charge in [-0.05, 0) is 55.5 Å². The molecular weight excluding hydrogens is 312 g/mol. The lowest BCUT2D eigenvalue weighted by Gasteiger charge is -2.03. The number of rotatable bonds is 4. The van der Waals surface area contributed by atoms with Gasteiger partial charge in [0, 0.05) is 22.5 Å². The van der Waals surface area contributed by atoms with Crippen LogP contribution in [0.2, 0.25) is 5.02 Å². The quantitative estimate of drug-likeness (QED) is 0.780. The highest BCUT2D eigenvalue weighted by molar-refractivity contribution is 6.30. The Bertz CT molecular complexity index is 808. The van der Waals surface area contributed by atoms with Crippen LogP contribution < -0.4 is 5.32 Å². The molecule has 0 bridgehead atoms. The Morgan fingerprint density at radius 2 is 1.91 bits per heavy atom. The predicted molar refractivity (Wildman–Crippen MR) is 89.3 cm³/mol. The van der Waals surface area contributed by atoms with Gasteiger partial charge >= 0.3 is 0 Å². The molecule has 0 atom stereocenters. The minimum absolute atomic E-state index is 0.179. The molecule has 3 aromatic rings. The number of nitrogens with zero attached hydrogens (tertiary/aromatic N) is 1. The number of halogens is 1. The van der Waals surface area contributed by atoms with E-state index in [-0.39, 0.29) is 5.91 Å². The normalized spacial score (nSPS) is 10.5. The van der Waals surface area contributed by atoms with Gasteiger partial charge in [0.05, 0.1) is 12.1 Å². The summed E-state index contributed by atoms with van der Waals surface area (Å²) < 4.78 is 5.74. The molecule has 0 unspecified atom stereocenters. The van der Waals surface area contributed by atoms with Gasteiger partial charge in [-0.3, -0.25) is 9.78 Å². The zero-order valence-corrected chi connectivity index (χ0v) is 13.3. The van der Waals surface area contributed by atoms with Crippen LogP contribution in [0.3, 0.4) is 0 Å². The average molecular weight is 327 g/mol. The van der Waals surface area contributed by atoms with E-state index in [4.69, 9.17) is 16.0 Å². The number of aromatic nitrogens is 1. The van der Waals surface area contributed by atoms with Gasteiger partial charge in [-0.1, -0.05) is 11.6 Å². The van der Waals surface area contributed by atoms with E-state index in [2.05, 4.69) is 10.3 Å². The standard InChI is InChI=1S/C18H15ClN2O2/c1-12-2-3-14(10-20-12)18(22)21-11-16-8-9-17(23-16)13-4-6-15(19)7-5-13/h2-10H,11H2,1H3,(H,21,22). The van der Waals surface area contributed by atoms with Gasteiger partial charge in [0.2, 0.25) is 0 Å². The van der Waals surface area contributed by atoms with Crippen LogP contribution in [0.1, 0.15) is 21.8 Å². The predicted octanol–water partition coefficient (Wildman–Crippen LogP) is 4.23.